The molecule has 2 aromatic carbocycles. The molecule has 0 saturated carbocycles. The number of hydrogen-bond acceptors (Lipinski definition) is 5. The molecule has 18 heavy (non-hydrogen) atoms. The van der Waals surface area contributed by atoms with Gasteiger partial charge in [-0.15, -0.1) is 0 Å². The third-order valence-corrected chi connectivity index (χ3v) is 2.39. The number of ether oxygens (including phenoxy) is 1. The van der Waals surface area contributed by atoms with Crippen molar-refractivity contribution in [2.45, 2.75) is 0 Å². The summed E-state index contributed by atoms with van der Waals surface area (Å²) >= 11 is 0. The second kappa shape index (κ2) is 5.20. The highest BCUT2D eigenvalue weighted by Gasteiger charge is 2.10. The highest BCUT2D eigenvalue weighted by molar-refractivity contribution is 5.92. The number of benzene rings is 2. The topological polar surface area (TPSA) is 90.4 Å². The molecule has 0 aliphatic carbocycles. The molecule has 0 radical (unpaired) electrons. The minimum Gasteiger partial charge on any atom is -0.421 e. The summed E-state index contributed by atoms with van der Waals surface area (Å²) in [5.74, 6) is 5.13. The van der Waals surface area contributed by atoms with Gasteiger partial charge in [-0.2, -0.15) is 0 Å². The molecule has 5 heteroatoms. The second-order valence-corrected chi connectivity index (χ2v) is 3.65. The lowest BCUT2D eigenvalue weighted by atomic mass is 10.2. The van der Waals surface area contributed by atoms with Crippen LogP contribution in [0.15, 0.2) is 48.5 Å². The Morgan fingerprint density at radius 3 is 2.61 bits per heavy atom. The molecule has 0 heterocycles. The molecule has 0 aliphatic heterocycles. The summed E-state index contributed by atoms with van der Waals surface area (Å²) < 4.78 is 5.20. The molecule has 0 saturated heterocycles. The highest BCUT2D eigenvalue weighted by Crippen LogP contribution is 2.21. The van der Waals surface area contributed by atoms with Crippen LogP contribution in [-0.4, -0.2) is 5.97 Å². The molecular formula is C13H13N3O2. The van der Waals surface area contributed by atoms with Crippen LogP contribution in [-0.2, 0) is 0 Å². The molecule has 5 N–H and O–H groups in total. The molecule has 0 atom stereocenters. The highest BCUT2D eigenvalue weighted by atomic mass is 16.5. The molecule has 0 fully saturated rings. The summed E-state index contributed by atoms with van der Waals surface area (Å²) in [6.07, 6.45) is 0. The van der Waals surface area contributed by atoms with Gasteiger partial charge in [-0.25, -0.2) is 4.79 Å². The van der Waals surface area contributed by atoms with E-state index in [1.54, 1.807) is 48.5 Å². The first-order valence-corrected chi connectivity index (χ1v) is 5.34. The van der Waals surface area contributed by atoms with Crippen molar-refractivity contribution < 1.29 is 9.53 Å². The number of esters is 1. The third-order valence-electron chi connectivity index (χ3n) is 2.39. The van der Waals surface area contributed by atoms with Crippen LogP contribution in [0.2, 0.25) is 0 Å². The maximum absolute atomic E-state index is 11.9. The molecule has 5 nitrogen and oxygen atoms in total. The molecule has 0 aliphatic rings. The number of nitrogens with one attached hydrogen (secondary N) is 1. The van der Waals surface area contributed by atoms with Gasteiger partial charge in [-0.1, -0.05) is 18.2 Å². The van der Waals surface area contributed by atoms with E-state index in [-0.39, 0.29) is 0 Å². The molecule has 0 spiro atoms. The van der Waals surface area contributed by atoms with Crippen molar-refractivity contribution in [2.24, 2.45) is 5.84 Å². The van der Waals surface area contributed by atoms with Gasteiger partial charge in [0.25, 0.3) is 0 Å². The third kappa shape index (κ3) is 2.58. The summed E-state index contributed by atoms with van der Waals surface area (Å²) in [4.78, 5) is 11.9. The lowest BCUT2D eigenvalue weighted by Gasteiger charge is -2.07. The van der Waals surface area contributed by atoms with Crippen molar-refractivity contribution in [3.05, 3.63) is 54.1 Å². The van der Waals surface area contributed by atoms with Gasteiger partial charge in [-0.05, 0) is 30.3 Å². The zero-order chi connectivity index (χ0) is 13.0. The van der Waals surface area contributed by atoms with Crippen molar-refractivity contribution >= 4 is 17.3 Å². The molecule has 2 rings (SSSR count). The fourth-order valence-corrected chi connectivity index (χ4v) is 1.47. The van der Waals surface area contributed by atoms with E-state index in [2.05, 4.69) is 5.43 Å². The predicted molar refractivity (Wildman–Crippen MR) is 70.1 cm³/mol. The molecule has 0 aromatic heterocycles. The second-order valence-electron chi connectivity index (χ2n) is 3.65. The van der Waals surface area contributed by atoms with Crippen LogP contribution < -0.4 is 21.7 Å². The Labute approximate surface area is 104 Å². The Bertz CT molecular complexity index is 570. The number of hydrazine groups is 1. The van der Waals surface area contributed by atoms with Crippen LogP contribution >= 0.6 is 0 Å². The molecule has 0 amide bonds. The summed E-state index contributed by atoms with van der Waals surface area (Å²) in [6.45, 7) is 0. The van der Waals surface area contributed by atoms with E-state index in [0.717, 1.165) is 0 Å². The van der Waals surface area contributed by atoms with E-state index in [4.69, 9.17) is 16.3 Å². The van der Waals surface area contributed by atoms with E-state index in [1.807, 2.05) is 0 Å². The summed E-state index contributed by atoms with van der Waals surface area (Å²) in [7, 11) is 0. The van der Waals surface area contributed by atoms with Crippen molar-refractivity contribution in [2.75, 3.05) is 11.2 Å². The summed E-state index contributed by atoms with van der Waals surface area (Å²) in [5.41, 5.74) is 9.60. The van der Waals surface area contributed by atoms with Gasteiger partial charge in [0.15, 0.2) is 5.75 Å². The minimum atomic E-state index is -0.481. The van der Waals surface area contributed by atoms with Crippen LogP contribution in [0.3, 0.4) is 0 Å². The maximum atomic E-state index is 11.9. The van der Waals surface area contributed by atoms with E-state index in [0.29, 0.717) is 22.7 Å². The SMILES string of the molecule is NNc1cccc(C(=O)Oc2ccccc2N)c1. The molecule has 0 bridgehead atoms. The van der Waals surface area contributed by atoms with Crippen LogP contribution in [0.4, 0.5) is 11.4 Å². The normalized spacial score (nSPS) is 9.83. The Hall–Kier alpha value is -2.53. The van der Waals surface area contributed by atoms with Crippen molar-refractivity contribution in [3.63, 3.8) is 0 Å². The van der Waals surface area contributed by atoms with Crippen molar-refractivity contribution in [1.29, 1.82) is 0 Å². The number of rotatable bonds is 3. The largest absolute Gasteiger partial charge is 0.421 e. The van der Waals surface area contributed by atoms with E-state index >= 15 is 0 Å². The Kier molecular flexibility index (Phi) is 3.45. The fraction of sp³-hybridized carbons (Fsp3) is 0. The number of anilines is 2. The van der Waals surface area contributed by atoms with Gasteiger partial charge in [0.2, 0.25) is 0 Å². The van der Waals surface area contributed by atoms with Gasteiger partial charge in [0.05, 0.1) is 11.3 Å². The smallest absolute Gasteiger partial charge is 0.343 e. The molecule has 0 unspecified atom stereocenters. The summed E-state index contributed by atoms with van der Waals surface area (Å²) in [6, 6.07) is 13.5. The quantitative estimate of drug-likeness (QED) is 0.251. The Balaban J connectivity index is 2.19. The number of hydrogen-bond donors (Lipinski definition) is 3. The Morgan fingerprint density at radius 2 is 1.89 bits per heavy atom. The van der Waals surface area contributed by atoms with Crippen molar-refractivity contribution in [3.8, 4) is 5.75 Å². The van der Waals surface area contributed by atoms with Crippen LogP contribution in [0.1, 0.15) is 10.4 Å². The maximum Gasteiger partial charge on any atom is 0.343 e. The molecular weight excluding hydrogens is 230 g/mol. The number of carbonyl (C=O) groups is 1. The van der Waals surface area contributed by atoms with Gasteiger partial charge < -0.3 is 15.9 Å². The van der Waals surface area contributed by atoms with Gasteiger partial charge in [-0.3, -0.25) is 5.84 Å². The standard InChI is InChI=1S/C13H13N3O2/c14-11-6-1-2-7-12(11)18-13(17)9-4-3-5-10(8-9)16-15/h1-8,16H,14-15H2. The van der Waals surface area contributed by atoms with Crippen molar-refractivity contribution in [1.82, 2.24) is 0 Å². The lowest BCUT2D eigenvalue weighted by Crippen LogP contribution is -2.11. The lowest BCUT2D eigenvalue weighted by molar-refractivity contribution is 0.0736. The average molecular weight is 243 g/mol. The van der Waals surface area contributed by atoms with Crippen LogP contribution in [0.25, 0.3) is 0 Å². The number of nitrogen functional groups attached to an aromatic ring is 2. The van der Waals surface area contributed by atoms with Gasteiger partial charge >= 0.3 is 5.97 Å². The minimum absolute atomic E-state index is 0.341. The Morgan fingerprint density at radius 1 is 1.11 bits per heavy atom. The van der Waals surface area contributed by atoms with E-state index < -0.39 is 5.97 Å². The molecule has 92 valence electrons. The number of nitrogens with two attached hydrogens (primary N) is 2. The zero-order valence-corrected chi connectivity index (χ0v) is 9.59. The number of carbonyl (C=O) groups excluding carboxylic acids is 1. The van der Waals surface area contributed by atoms with Gasteiger partial charge in [0.1, 0.15) is 0 Å². The first-order chi connectivity index (χ1) is 8.70. The fourth-order valence-electron chi connectivity index (χ4n) is 1.47. The first-order valence-electron chi connectivity index (χ1n) is 5.34. The van der Waals surface area contributed by atoms with Crippen LogP contribution in [0, 0.1) is 0 Å². The van der Waals surface area contributed by atoms with Gasteiger partial charge in [0, 0.05) is 5.69 Å². The monoisotopic (exact) mass is 243 g/mol. The first kappa shape index (κ1) is 11.9. The zero-order valence-electron chi connectivity index (χ0n) is 9.59. The average Bonchev–Trinajstić information content (AvgIpc) is 2.41. The summed E-state index contributed by atoms with van der Waals surface area (Å²) in [5, 5.41) is 0. The van der Waals surface area contributed by atoms with E-state index in [9.17, 15) is 4.79 Å². The van der Waals surface area contributed by atoms with Crippen LogP contribution in [0.5, 0.6) is 5.75 Å². The predicted octanol–water partition coefficient (Wildman–Crippen LogP) is 1.77. The molecule has 2 aromatic rings. The number of para-hydroxylation sites is 2. The van der Waals surface area contributed by atoms with E-state index in [1.165, 1.54) is 0 Å².